The van der Waals surface area contributed by atoms with Crippen LogP contribution in [0.2, 0.25) is 0 Å². The van der Waals surface area contributed by atoms with Crippen LogP contribution in [-0.2, 0) is 4.79 Å². The molecule has 3 heteroatoms. The predicted octanol–water partition coefficient (Wildman–Crippen LogP) is 7.17. The van der Waals surface area contributed by atoms with Gasteiger partial charge in [-0.25, -0.2) is 0 Å². The van der Waals surface area contributed by atoms with Gasteiger partial charge in [0.1, 0.15) is 0 Å². The molecule has 0 radical (unpaired) electrons. The van der Waals surface area contributed by atoms with Gasteiger partial charge in [-0.05, 0) is 58.7 Å². The van der Waals surface area contributed by atoms with Crippen molar-refractivity contribution in [2.45, 2.75) is 0 Å². The van der Waals surface area contributed by atoms with E-state index in [-0.39, 0.29) is 5.78 Å². The zero-order valence-electron chi connectivity index (χ0n) is 21.3. The second kappa shape index (κ2) is 11.4. The number of benzene rings is 4. The van der Waals surface area contributed by atoms with Gasteiger partial charge in [0.15, 0.2) is 5.78 Å². The number of carbonyl (C=O) groups excluding carboxylic acids is 1. The number of hydrogen-bond acceptors (Lipinski definition) is 3. The summed E-state index contributed by atoms with van der Waals surface area (Å²) in [5, 5.41) is 0. The average molecular weight is 473 g/mol. The van der Waals surface area contributed by atoms with E-state index >= 15 is 0 Å². The molecule has 0 aliphatic heterocycles. The Morgan fingerprint density at radius 1 is 0.500 bits per heavy atom. The van der Waals surface area contributed by atoms with Crippen molar-refractivity contribution in [2.75, 3.05) is 38.0 Å². The Kier molecular flexibility index (Phi) is 7.82. The molecule has 4 aromatic rings. The van der Waals surface area contributed by atoms with Crippen LogP contribution in [0.25, 0.3) is 23.3 Å². The van der Waals surface area contributed by atoms with Crippen LogP contribution in [0.3, 0.4) is 0 Å². The third kappa shape index (κ3) is 6.00. The van der Waals surface area contributed by atoms with Crippen LogP contribution < -0.4 is 9.80 Å². The van der Waals surface area contributed by atoms with Crippen molar-refractivity contribution in [3.8, 4) is 0 Å². The molecular formula is C33H32N2O. The summed E-state index contributed by atoms with van der Waals surface area (Å²) in [6.45, 7) is 0. The van der Waals surface area contributed by atoms with Gasteiger partial charge in [-0.2, -0.15) is 0 Å². The highest BCUT2D eigenvalue weighted by Crippen LogP contribution is 2.30. The molecule has 180 valence electrons. The smallest absolute Gasteiger partial charge is 0.194 e. The molecule has 0 heterocycles. The molecule has 4 aromatic carbocycles. The van der Waals surface area contributed by atoms with E-state index < -0.39 is 0 Å². The first-order valence-corrected chi connectivity index (χ1v) is 12.1. The molecule has 0 unspecified atom stereocenters. The molecule has 0 aliphatic rings. The number of Topliss-reactive ketones (excluding diaryl/α,β-unsaturated/α-hetero) is 1. The van der Waals surface area contributed by atoms with Crippen molar-refractivity contribution < 1.29 is 4.79 Å². The number of allylic oxidation sites excluding steroid dienone is 2. The van der Waals surface area contributed by atoms with Crippen molar-refractivity contribution in [1.82, 2.24) is 0 Å². The Labute approximate surface area is 214 Å². The highest BCUT2D eigenvalue weighted by atomic mass is 16.1. The largest absolute Gasteiger partial charge is 0.378 e. The van der Waals surface area contributed by atoms with Gasteiger partial charge in [0, 0.05) is 50.7 Å². The summed E-state index contributed by atoms with van der Waals surface area (Å²) in [6, 6.07) is 36.3. The molecule has 0 spiro atoms. The second-order valence-electron chi connectivity index (χ2n) is 9.15. The molecule has 3 nitrogen and oxygen atoms in total. The summed E-state index contributed by atoms with van der Waals surface area (Å²) in [5.74, 6) is -0.0132. The van der Waals surface area contributed by atoms with E-state index in [1.54, 1.807) is 0 Å². The minimum atomic E-state index is -0.0132. The maximum atomic E-state index is 14.3. The van der Waals surface area contributed by atoms with Crippen molar-refractivity contribution in [2.24, 2.45) is 0 Å². The Morgan fingerprint density at radius 2 is 0.833 bits per heavy atom. The maximum Gasteiger partial charge on any atom is 0.194 e. The molecule has 0 fully saturated rings. The number of ketones is 1. The molecule has 0 aliphatic carbocycles. The Hall–Kier alpha value is -4.37. The van der Waals surface area contributed by atoms with Crippen LogP contribution >= 0.6 is 0 Å². The predicted molar refractivity (Wildman–Crippen MR) is 155 cm³/mol. The summed E-state index contributed by atoms with van der Waals surface area (Å²) < 4.78 is 0. The van der Waals surface area contributed by atoms with Crippen molar-refractivity contribution in [3.05, 3.63) is 131 Å². The van der Waals surface area contributed by atoms with Crippen LogP contribution in [-0.4, -0.2) is 34.0 Å². The normalized spacial score (nSPS) is 11.8. The molecule has 0 amide bonds. The first-order chi connectivity index (χ1) is 17.4. The lowest BCUT2D eigenvalue weighted by Crippen LogP contribution is -2.08. The standard InChI is InChI=1S/C33H32N2O/c1-34(2)29-19-15-25(16-20-29)23-31(27-11-7-5-8-12-27)33(36)32(28-13-9-6-10-14-28)24-26-17-21-30(22-18-26)35(3)4/h5-24H,1-4H3. The molecule has 0 N–H and O–H groups in total. The average Bonchev–Trinajstić information content (AvgIpc) is 2.91. The van der Waals surface area contributed by atoms with E-state index in [1.807, 2.05) is 101 Å². The van der Waals surface area contributed by atoms with Gasteiger partial charge < -0.3 is 9.80 Å². The SMILES string of the molecule is CN(C)c1ccc(C=C(C(=O)C(=Cc2ccc(N(C)C)cc2)c2ccccc2)c2ccccc2)cc1. The minimum absolute atomic E-state index is 0.0132. The fraction of sp³-hybridized carbons (Fsp3) is 0.121. The fourth-order valence-corrected chi connectivity index (χ4v) is 4.01. The lowest BCUT2D eigenvalue weighted by atomic mass is 9.90. The quantitative estimate of drug-likeness (QED) is 0.201. The summed E-state index contributed by atoms with van der Waals surface area (Å²) in [6.07, 6.45) is 3.98. The first-order valence-electron chi connectivity index (χ1n) is 12.1. The zero-order chi connectivity index (χ0) is 25.5. The molecule has 4 rings (SSSR count). The Bertz CT molecular complexity index is 1240. The fourth-order valence-electron chi connectivity index (χ4n) is 4.01. The van der Waals surface area contributed by atoms with Crippen LogP contribution in [0.15, 0.2) is 109 Å². The molecule has 0 bridgehead atoms. The van der Waals surface area contributed by atoms with Crippen LogP contribution in [0.5, 0.6) is 0 Å². The lowest BCUT2D eigenvalue weighted by molar-refractivity contribution is -0.108. The van der Waals surface area contributed by atoms with E-state index in [1.165, 1.54) is 0 Å². The lowest BCUT2D eigenvalue weighted by Gasteiger charge is -2.14. The van der Waals surface area contributed by atoms with E-state index in [2.05, 4.69) is 58.3 Å². The molecule has 36 heavy (non-hydrogen) atoms. The van der Waals surface area contributed by atoms with Gasteiger partial charge in [-0.15, -0.1) is 0 Å². The van der Waals surface area contributed by atoms with Crippen molar-refractivity contribution in [1.29, 1.82) is 0 Å². The van der Waals surface area contributed by atoms with Gasteiger partial charge in [0.05, 0.1) is 0 Å². The number of nitrogens with zero attached hydrogens (tertiary/aromatic N) is 2. The van der Waals surface area contributed by atoms with Crippen LogP contribution in [0, 0.1) is 0 Å². The van der Waals surface area contributed by atoms with Gasteiger partial charge in [0.25, 0.3) is 0 Å². The Morgan fingerprint density at radius 3 is 1.14 bits per heavy atom. The van der Waals surface area contributed by atoms with Crippen LogP contribution in [0.4, 0.5) is 11.4 Å². The van der Waals surface area contributed by atoms with Crippen LogP contribution in [0.1, 0.15) is 22.3 Å². The number of carbonyl (C=O) groups is 1. The van der Waals surface area contributed by atoms with Gasteiger partial charge in [-0.1, -0.05) is 84.9 Å². The van der Waals surface area contributed by atoms with E-state index in [9.17, 15) is 4.79 Å². The summed E-state index contributed by atoms with van der Waals surface area (Å²) in [7, 11) is 8.08. The third-order valence-electron chi connectivity index (χ3n) is 6.10. The molecular weight excluding hydrogens is 440 g/mol. The first kappa shape index (κ1) is 24.7. The van der Waals surface area contributed by atoms with Gasteiger partial charge in [-0.3, -0.25) is 4.79 Å². The molecule has 0 aromatic heterocycles. The number of rotatable bonds is 8. The van der Waals surface area contributed by atoms with Gasteiger partial charge in [0.2, 0.25) is 0 Å². The molecule has 0 saturated carbocycles. The Balaban J connectivity index is 1.83. The molecule has 0 atom stereocenters. The van der Waals surface area contributed by atoms with E-state index in [4.69, 9.17) is 0 Å². The van der Waals surface area contributed by atoms with Gasteiger partial charge >= 0.3 is 0 Å². The highest BCUT2D eigenvalue weighted by Gasteiger charge is 2.19. The third-order valence-corrected chi connectivity index (χ3v) is 6.10. The minimum Gasteiger partial charge on any atom is -0.378 e. The number of hydrogen-bond donors (Lipinski definition) is 0. The summed E-state index contributed by atoms with van der Waals surface area (Å²) in [4.78, 5) is 18.4. The zero-order valence-corrected chi connectivity index (χ0v) is 21.3. The topological polar surface area (TPSA) is 23.6 Å². The highest BCUT2D eigenvalue weighted by molar-refractivity contribution is 6.46. The summed E-state index contributed by atoms with van der Waals surface area (Å²) in [5.41, 5.74) is 7.30. The molecule has 0 saturated heterocycles. The van der Waals surface area contributed by atoms with E-state index in [0.29, 0.717) is 11.1 Å². The summed E-state index contributed by atoms with van der Waals surface area (Å²) >= 11 is 0. The monoisotopic (exact) mass is 472 g/mol. The van der Waals surface area contributed by atoms with Crippen molar-refractivity contribution in [3.63, 3.8) is 0 Å². The number of anilines is 2. The second-order valence-corrected chi connectivity index (χ2v) is 9.15. The maximum absolute atomic E-state index is 14.3. The van der Waals surface area contributed by atoms with Crippen molar-refractivity contribution >= 4 is 40.5 Å². The van der Waals surface area contributed by atoms with E-state index in [0.717, 1.165) is 33.6 Å².